The van der Waals surface area contributed by atoms with Crippen LogP contribution >= 0.6 is 0 Å². The first-order chi connectivity index (χ1) is 12.7. The van der Waals surface area contributed by atoms with Gasteiger partial charge in [0.25, 0.3) is 0 Å². The maximum atomic E-state index is 5.40. The molecule has 3 atom stereocenters. The van der Waals surface area contributed by atoms with Gasteiger partial charge < -0.3 is 10.1 Å². The summed E-state index contributed by atoms with van der Waals surface area (Å²) in [6.45, 7) is 2.24. The fourth-order valence-corrected chi connectivity index (χ4v) is 4.67. The standard InChI is InChI=1S/C22H29N3O/c1-25-11-9-18(22(25)17-4-3-10-23-14-17)15-24-20-7-5-16-6-8-21(26-2)13-19(16)12-20/h3-4,6,8,10,13-14,18,20,22,24H,5,7,9,11-12,15H2,1-2H3/t18-,20+,22-/m0/s1. The maximum Gasteiger partial charge on any atom is 0.119 e. The Labute approximate surface area is 156 Å². The number of methoxy groups -OCH3 is 1. The number of ether oxygens (including phenoxy) is 1. The molecule has 0 amide bonds. The van der Waals surface area contributed by atoms with Crippen LogP contribution in [0.3, 0.4) is 0 Å². The summed E-state index contributed by atoms with van der Waals surface area (Å²) in [5.74, 6) is 1.62. The van der Waals surface area contributed by atoms with Gasteiger partial charge in [0.2, 0.25) is 0 Å². The number of nitrogens with one attached hydrogen (secondary N) is 1. The third kappa shape index (κ3) is 3.62. The van der Waals surface area contributed by atoms with Crippen LogP contribution < -0.4 is 10.1 Å². The van der Waals surface area contributed by atoms with Crippen molar-refractivity contribution in [2.75, 3.05) is 27.2 Å². The first-order valence-electron chi connectivity index (χ1n) is 9.74. The van der Waals surface area contributed by atoms with Crippen LogP contribution in [0.15, 0.2) is 42.7 Å². The molecule has 1 aliphatic heterocycles. The second-order valence-corrected chi connectivity index (χ2v) is 7.74. The second kappa shape index (κ2) is 7.77. The Balaban J connectivity index is 1.39. The lowest BCUT2D eigenvalue weighted by atomic mass is 9.87. The molecule has 0 unspecified atom stereocenters. The van der Waals surface area contributed by atoms with Crippen molar-refractivity contribution in [1.82, 2.24) is 15.2 Å². The highest BCUT2D eigenvalue weighted by molar-refractivity contribution is 5.37. The Bertz CT molecular complexity index is 733. The number of pyridine rings is 1. The number of hydrogen-bond donors (Lipinski definition) is 1. The minimum atomic E-state index is 0.479. The Kier molecular flexibility index (Phi) is 5.23. The Morgan fingerprint density at radius 2 is 2.15 bits per heavy atom. The number of hydrogen-bond acceptors (Lipinski definition) is 4. The van der Waals surface area contributed by atoms with Crippen molar-refractivity contribution in [1.29, 1.82) is 0 Å². The van der Waals surface area contributed by atoms with Crippen LogP contribution in [0, 0.1) is 5.92 Å². The molecule has 26 heavy (non-hydrogen) atoms. The van der Waals surface area contributed by atoms with E-state index in [1.165, 1.54) is 29.5 Å². The van der Waals surface area contributed by atoms with Crippen LogP contribution in [0.2, 0.25) is 0 Å². The zero-order valence-corrected chi connectivity index (χ0v) is 15.8. The first kappa shape index (κ1) is 17.5. The number of aromatic nitrogens is 1. The van der Waals surface area contributed by atoms with E-state index in [1.54, 1.807) is 7.11 Å². The van der Waals surface area contributed by atoms with E-state index in [4.69, 9.17) is 4.74 Å². The predicted molar refractivity (Wildman–Crippen MR) is 105 cm³/mol. The number of rotatable bonds is 5. The fraction of sp³-hybridized carbons (Fsp3) is 0.500. The molecule has 1 aliphatic carbocycles. The summed E-state index contributed by atoms with van der Waals surface area (Å²) in [7, 11) is 3.98. The lowest BCUT2D eigenvalue weighted by Gasteiger charge is -2.30. The highest BCUT2D eigenvalue weighted by Gasteiger charge is 2.33. The predicted octanol–water partition coefficient (Wildman–Crippen LogP) is 3.23. The van der Waals surface area contributed by atoms with Crippen molar-refractivity contribution in [2.24, 2.45) is 5.92 Å². The van der Waals surface area contributed by atoms with Crippen LogP contribution in [0.5, 0.6) is 5.75 Å². The highest BCUT2D eigenvalue weighted by atomic mass is 16.5. The molecular weight excluding hydrogens is 322 g/mol. The van der Waals surface area contributed by atoms with Gasteiger partial charge in [0.1, 0.15) is 5.75 Å². The summed E-state index contributed by atoms with van der Waals surface area (Å²) in [5.41, 5.74) is 4.27. The van der Waals surface area contributed by atoms with Crippen LogP contribution in [-0.2, 0) is 12.8 Å². The van der Waals surface area contributed by atoms with Gasteiger partial charge in [0.05, 0.1) is 7.11 Å². The molecular formula is C22H29N3O. The van der Waals surface area contributed by atoms with Crippen molar-refractivity contribution >= 4 is 0 Å². The zero-order chi connectivity index (χ0) is 17.9. The molecule has 1 saturated heterocycles. The van der Waals surface area contributed by atoms with E-state index in [-0.39, 0.29) is 0 Å². The molecule has 0 saturated carbocycles. The summed E-state index contributed by atoms with van der Waals surface area (Å²) in [5, 5.41) is 3.87. The van der Waals surface area contributed by atoms with Crippen molar-refractivity contribution in [3.05, 3.63) is 59.4 Å². The van der Waals surface area contributed by atoms with E-state index in [9.17, 15) is 0 Å². The van der Waals surface area contributed by atoms with Crippen molar-refractivity contribution in [3.63, 3.8) is 0 Å². The van der Waals surface area contributed by atoms with Gasteiger partial charge in [-0.05, 0) is 80.1 Å². The van der Waals surface area contributed by atoms with Crippen molar-refractivity contribution in [2.45, 2.75) is 37.8 Å². The first-order valence-corrected chi connectivity index (χ1v) is 9.74. The molecule has 4 rings (SSSR count). The number of likely N-dealkylation sites (tertiary alicyclic amines) is 1. The number of aryl methyl sites for hydroxylation is 1. The Morgan fingerprint density at radius 1 is 1.23 bits per heavy atom. The van der Waals surface area contributed by atoms with E-state index in [0.717, 1.165) is 31.7 Å². The van der Waals surface area contributed by atoms with Gasteiger partial charge in [-0.3, -0.25) is 9.88 Å². The lowest BCUT2D eigenvalue weighted by Crippen LogP contribution is -2.38. The molecule has 1 aromatic heterocycles. The van der Waals surface area contributed by atoms with Gasteiger partial charge in [0, 0.05) is 31.0 Å². The van der Waals surface area contributed by atoms with E-state index in [1.807, 2.05) is 12.4 Å². The van der Waals surface area contributed by atoms with E-state index in [0.29, 0.717) is 18.0 Å². The number of fused-ring (bicyclic) bond motifs is 1. The molecule has 2 aromatic rings. The van der Waals surface area contributed by atoms with Gasteiger partial charge in [-0.25, -0.2) is 0 Å². The van der Waals surface area contributed by atoms with Crippen LogP contribution in [0.4, 0.5) is 0 Å². The van der Waals surface area contributed by atoms with Gasteiger partial charge in [0.15, 0.2) is 0 Å². The van der Waals surface area contributed by atoms with E-state index < -0.39 is 0 Å². The fourth-order valence-electron chi connectivity index (χ4n) is 4.67. The normalized spacial score (nSPS) is 25.8. The van der Waals surface area contributed by atoms with Gasteiger partial charge in [-0.2, -0.15) is 0 Å². The molecule has 1 N–H and O–H groups in total. The maximum absolute atomic E-state index is 5.40. The molecule has 4 heteroatoms. The second-order valence-electron chi connectivity index (χ2n) is 7.74. The van der Waals surface area contributed by atoms with Gasteiger partial charge in [-0.1, -0.05) is 12.1 Å². The zero-order valence-electron chi connectivity index (χ0n) is 15.8. The summed E-state index contributed by atoms with van der Waals surface area (Å²) in [4.78, 5) is 6.81. The quantitative estimate of drug-likeness (QED) is 0.897. The van der Waals surface area contributed by atoms with Gasteiger partial charge >= 0.3 is 0 Å². The van der Waals surface area contributed by atoms with Crippen LogP contribution in [0.25, 0.3) is 0 Å². The highest BCUT2D eigenvalue weighted by Crippen LogP contribution is 2.35. The summed E-state index contributed by atoms with van der Waals surface area (Å²) in [6.07, 6.45) is 8.63. The monoisotopic (exact) mass is 351 g/mol. The van der Waals surface area contributed by atoms with Crippen molar-refractivity contribution in [3.8, 4) is 5.75 Å². The lowest BCUT2D eigenvalue weighted by molar-refractivity contribution is 0.265. The average Bonchev–Trinajstić information content (AvgIpc) is 3.06. The van der Waals surface area contributed by atoms with Crippen LogP contribution in [0.1, 0.15) is 35.6 Å². The minimum absolute atomic E-state index is 0.479. The average molecular weight is 351 g/mol. The third-order valence-corrected chi connectivity index (χ3v) is 6.11. The van der Waals surface area contributed by atoms with E-state index in [2.05, 4.69) is 52.6 Å². The smallest absolute Gasteiger partial charge is 0.119 e. The topological polar surface area (TPSA) is 37.4 Å². The Morgan fingerprint density at radius 3 is 2.96 bits per heavy atom. The summed E-state index contributed by atoms with van der Waals surface area (Å²) < 4.78 is 5.40. The largest absolute Gasteiger partial charge is 0.497 e. The molecule has 138 valence electrons. The minimum Gasteiger partial charge on any atom is -0.497 e. The van der Waals surface area contributed by atoms with Gasteiger partial charge in [-0.15, -0.1) is 0 Å². The third-order valence-electron chi connectivity index (χ3n) is 6.11. The molecule has 0 spiro atoms. The number of benzene rings is 1. The molecule has 4 nitrogen and oxygen atoms in total. The SMILES string of the molecule is COc1ccc2c(c1)C[C@H](NC[C@@H]1CCN(C)[C@H]1c1cccnc1)CC2. The van der Waals surface area contributed by atoms with Crippen LogP contribution in [-0.4, -0.2) is 43.2 Å². The Hall–Kier alpha value is -1.91. The van der Waals surface area contributed by atoms with E-state index >= 15 is 0 Å². The molecule has 0 radical (unpaired) electrons. The molecule has 2 aliphatic rings. The molecule has 1 aromatic carbocycles. The molecule has 2 heterocycles. The molecule has 1 fully saturated rings. The number of nitrogens with zero attached hydrogens (tertiary/aromatic N) is 2. The summed E-state index contributed by atoms with van der Waals surface area (Å²) >= 11 is 0. The summed E-state index contributed by atoms with van der Waals surface area (Å²) in [6, 6.07) is 11.8. The molecule has 0 bridgehead atoms. The van der Waals surface area contributed by atoms with Crippen molar-refractivity contribution < 1.29 is 4.74 Å².